The van der Waals surface area contributed by atoms with Gasteiger partial charge in [0.1, 0.15) is 11.1 Å². The standard InChI is InChI=1S/C10H18N2O2.ClH/c1-9(2,3)14-8(13)10-4-7(5-12-10)11-6-10;/h7,11-12H,4-6H2,1-3H3;1H. The van der Waals surface area contributed by atoms with Crippen molar-refractivity contribution in [3.05, 3.63) is 0 Å². The van der Waals surface area contributed by atoms with Gasteiger partial charge in [-0.15, -0.1) is 12.4 Å². The number of nitrogens with one attached hydrogen (secondary N) is 2. The average molecular weight is 235 g/mol. The molecule has 2 fully saturated rings. The third kappa shape index (κ3) is 2.44. The van der Waals surface area contributed by atoms with E-state index in [2.05, 4.69) is 10.6 Å². The first-order chi connectivity index (χ1) is 6.41. The van der Waals surface area contributed by atoms with Gasteiger partial charge in [0.25, 0.3) is 0 Å². The Balaban J connectivity index is 0.00000112. The van der Waals surface area contributed by atoms with Crippen molar-refractivity contribution in [1.29, 1.82) is 0 Å². The first-order valence-electron chi connectivity index (χ1n) is 5.13. The fraction of sp³-hybridized carbons (Fsp3) is 0.900. The van der Waals surface area contributed by atoms with Gasteiger partial charge in [-0.2, -0.15) is 0 Å². The summed E-state index contributed by atoms with van der Waals surface area (Å²) in [6.45, 7) is 7.27. The summed E-state index contributed by atoms with van der Waals surface area (Å²) in [6, 6.07) is 0.447. The Hall–Kier alpha value is -0.320. The van der Waals surface area contributed by atoms with Crippen LogP contribution in [0, 0.1) is 0 Å². The number of fused-ring (bicyclic) bond motifs is 2. The molecule has 2 heterocycles. The van der Waals surface area contributed by atoms with Gasteiger partial charge in [-0.25, -0.2) is 4.79 Å². The molecule has 5 heteroatoms. The second-order valence-corrected chi connectivity index (χ2v) is 5.25. The molecule has 0 aromatic carbocycles. The number of rotatable bonds is 1. The smallest absolute Gasteiger partial charge is 0.328 e. The van der Waals surface area contributed by atoms with E-state index in [-0.39, 0.29) is 18.4 Å². The highest BCUT2D eigenvalue weighted by molar-refractivity contribution is 5.85. The first-order valence-corrected chi connectivity index (χ1v) is 5.13. The number of carbonyl (C=O) groups excluding carboxylic acids is 1. The topological polar surface area (TPSA) is 50.4 Å². The summed E-state index contributed by atoms with van der Waals surface area (Å²) in [7, 11) is 0. The molecule has 88 valence electrons. The molecular weight excluding hydrogens is 216 g/mol. The van der Waals surface area contributed by atoms with Gasteiger partial charge in [0.2, 0.25) is 0 Å². The minimum atomic E-state index is -0.446. The molecule has 0 aliphatic carbocycles. The molecule has 0 spiro atoms. The van der Waals surface area contributed by atoms with Crippen LogP contribution in [0.4, 0.5) is 0 Å². The normalized spacial score (nSPS) is 33.7. The fourth-order valence-corrected chi connectivity index (χ4v) is 2.08. The molecule has 2 saturated heterocycles. The summed E-state index contributed by atoms with van der Waals surface area (Å²) in [5.74, 6) is -0.113. The molecule has 2 aliphatic heterocycles. The Labute approximate surface area is 96.5 Å². The second-order valence-electron chi connectivity index (χ2n) is 5.25. The van der Waals surface area contributed by atoms with Crippen LogP contribution in [0.15, 0.2) is 0 Å². The summed E-state index contributed by atoms with van der Waals surface area (Å²) in [5.41, 5.74) is -0.841. The number of carbonyl (C=O) groups is 1. The van der Waals surface area contributed by atoms with Gasteiger partial charge < -0.3 is 10.1 Å². The maximum atomic E-state index is 11.9. The second kappa shape index (κ2) is 3.92. The maximum absolute atomic E-state index is 11.9. The van der Waals surface area contributed by atoms with Crippen molar-refractivity contribution in [1.82, 2.24) is 10.6 Å². The fourth-order valence-electron chi connectivity index (χ4n) is 2.08. The summed E-state index contributed by atoms with van der Waals surface area (Å²) in [6.07, 6.45) is 0.863. The lowest BCUT2D eigenvalue weighted by Crippen LogP contribution is -2.56. The number of esters is 1. The molecule has 0 saturated carbocycles. The van der Waals surface area contributed by atoms with Crippen molar-refractivity contribution in [2.75, 3.05) is 13.1 Å². The van der Waals surface area contributed by atoms with Crippen molar-refractivity contribution in [2.24, 2.45) is 0 Å². The first kappa shape index (κ1) is 12.7. The SMILES string of the molecule is CC(C)(C)OC(=O)C12CNC(CN1)C2.Cl. The van der Waals surface area contributed by atoms with Gasteiger partial charge in [-0.1, -0.05) is 0 Å². The van der Waals surface area contributed by atoms with E-state index in [1.807, 2.05) is 20.8 Å². The van der Waals surface area contributed by atoms with Gasteiger partial charge in [0, 0.05) is 19.1 Å². The Bertz CT molecular complexity index is 255. The molecule has 0 aromatic heterocycles. The predicted molar refractivity (Wildman–Crippen MR) is 60.2 cm³/mol. The van der Waals surface area contributed by atoms with Crippen LogP contribution in [-0.4, -0.2) is 36.2 Å². The number of ether oxygens (including phenoxy) is 1. The van der Waals surface area contributed by atoms with Crippen LogP contribution in [0.5, 0.6) is 0 Å². The third-order valence-corrected chi connectivity index (χ3v) is 2.76. The van der Waals surface area contributed by atoms with Gasteiger partial charge in [0.05, 0.1) is 0 Å². The Morgan fingerprint density at radius 1 is 1.47 bits per heavy atom. The Morgan fingerprint density at radius 3 is 2.47 bits per heavy atom. The monoisotopic (exact) mass is 234 g/mol. The quantitative estimate of drug-likeness (QED) is 0.647. The Kier molecular flexibility index (Phi) is 3.33. The lowest BCUT2D eigenvalue weighted by atomic mass is 10.0. The molecule has 0 amide bonds. The third-order valence-electron chi connectivity index (χ3n) is 2.76. The van der Waals surface area contributed by atoms with Crippen LogP contribution >= 0.6 is 12.4 Å². The molecule has 2 unspecified atom stereocenters. The predicted octanol–water partition coefficient (Wildman–Crippen LogP) is 0.454. The zero-order valence-corrected chi connectivity index (χ0v) is 10.2. The number of hydrogen-bond donors (Lipinski definition) is 2. The van der Waals surface area contributed by atoms with E-state index in [4.69, 9.17) is 4.74 Å². The molecule has 0 radical (unpaired) electrons. The van der Waals surface area contributed by atoms with Crippen molar-refractivity contribution in [3.8, 4) is 0 Å². The van der Waals surface area contributed by atoms with Crippen molar-refractivity contribution in [3.63, 3.8) is 0 Å². The van der Waals surface area contributed by atoms with Crippen LogP contribution < -0.4 is 10.6 Å². The Morgan fingerprint density at radius 2 is 2.13 bits per heavy atom. The van der Waals surface area contributed by atoms with Crippen molar-refractivity contribution in [2.45, 2.75) is 44.4 Å². The lowest BCUT2D eigenvalue weighted by Gasteiger charge is -2.29. The molecule has 15 heavy (non-hydrogen) atoms. The van der Waals surface area contributed by atoms with Crippen LogP contribution in [-0.2, 0) is 9.53 Å². The molecule has 2 bridgehead atoms. The minimum absolute atomic E-state index is 0. The van der Waals surface area contributed by atoms with Gasteiger partial charge >= 0.3 is 5.97 Å². The molecule has 4 nitrogen and oxygen atoms in total. The summed E-state index contributed by atoms with van der Waals surface area (Å²) in [5, 5.41) is 6.56. The molecular formula is C10H19ClN2O2. The average Bonchev–Trinajstić information content (AvgIpc) is 2.60. The van der Waals surface area contributed by atoms with Gasteiger partial charge in [-0.3, -0.25) is 5.32 Å². The van der Waals surface area contributed by atoms with E-state index in [0.717, 1.165) is 13.0 Å². The van der Waals surface area contributed by atoms with E-state index in [1.165, 1.54) is 0 Å². The molecule has 2 atom stereocenters. The van der Waals surface area contributed by atoms with Gasteiger partial charge in [0.15, 0.2) is 0 Å². The number of halogens is 1. The van der Waals surface area contributed by atoms with E-state index < -0.39 is 11.1 Å². The van der Waals surface area contributed by atoms with E-state index in [9.17, 15) is 4.79 Å². The molecule has 2 N–H and O–H groups in total. The van der Waals surface area contributed by atoms with E-state index in [0.29, 0.717) is 12.6 Å². The summed E-state index contributed by atoms with van der Waals surface area (Å²) < 4.78 is 5.40. The van der Waals surface area contributed by atoms with Gasteiger partial charge in [-0.05, 0) is 27.2 Å². The maximum Gasteiger partial charge on any atom is 0.328 e. The highest BCUT2D eigenvalue weighted by Crippen LogP contribution is 2.28. The number of hydrogen-bond acceptors (Lipinski definition) is 4. The van der Waals surface area contributed by atoms with Crippen molar-refractivity contribution >= 4 is 18.4 Å². The van der Waals surface area contributed by atoms with Crippen LogP contribution in [0.25, 0.3) is 0 Å². The zero-order chi connectivity index (χ0) is 10.4. The van der Waals surface area contributed by atoms with Crippen LogP contribution in [0.3, 0.4) is 0 Å². The highest BCUT2D eigenvalue weighted by atomic mass is 35.5. The van der Waals surface area contributed by atoms with Crippen LogP contribution in [0.1, 0.15) is 27.2 Å². The molecule has 2 aliphatic rings. The lowest BCUT2D eigenvalue weighted by molar-refractivity contribution is -0.161. The highest BCUT2D eigenvalue weighted by Gasteiger charge is 2.52. The van der Waals surface area contributed by atoms with E-state index in [1.54, 1.807) is 0 Å². The molecule has 0 aromatic rings. The van der Waals surface area contributed by atoms with Crippen LogP contribution in [0.2, 0.25) is 0 Å². The largest absolute Gasteiger partial charge is 0.459 e. The summed E-state index contributed by atoms with van der Waals surface area (Å²) >= 11 is 0. The molecule has 2 rings (SSSR count). The van der Waals surface area contributed by atoms with Crippen molar-refractivity contribution < 1.29 is 9.53 Å². The minimum Gasteiger partial charge on any atom is -0.459 e. The number of piperazine rings is 1. The summed E-state index contributed by atoms with van der Waals surface area (Å²) in [4.78, 5) is 11.9. The zero-order valence-electron chi connectivity index (χ0n) is 9.42. The van der Waals surface area contributed by atoms with E-state index >= 15 is 0 Å².